The van der Waals surface area contributed by atoms with E-state index in [2.05, 4.69) is 5.73 Å². The zero-order valence-electron chi connectivity index (χ0n) is 4.93. The number of carboxylic acid groups (broad SMARTS) is 1. The fourth-order valence-corrected chi connectivity index (χ4v) is 0.0546. The van der Waals surface area contributed by atoms with Crippen LogP contribution in [0.5, 0.6) is 0 Å². The minimum atomic E-state index is -2.82. The van der Waals surface area contributed by atoms with Crippen LogP contribution < -0.4 is 40.4 Å². The summed E-state index contributed by atoms with van der Waals surface area (Å²) in [7, 11) is 0. The molecule has 0 spiro atoms. The molecule has 0 aliphatic rings. The van der Waals surface area contributed by atoms with Gasteiger partial charge >= 0.3 is 29.6 Å². The summed E-state index contributed by atoms with van der Waals surface area (Å²) in [5, 5.41) is 17.7. The van der Waals surface area contributed by atoms with E-state index in [9.17, 15) is 14.3 Å². The zero-order chi connectivity index (χ0) is 6.78. The Kier molecular flexibility index (Phi) is 5.60. The number of carbonyl (C=O) groups is 1. The molecule has 9 heavy (non-hydrogen) atoms. The SMILES string of the molecule is NC(O)(CF)C(=O)[O-].[Na+]. The molecule has 0 saturated heterocycles. The molecule has 0 aliphatic carbocycles. The molecular formula is C3H5FNNaO3. The molecule has 3 N–H and O–H groups in total. The third-order valence-electron chi connectivity index (χ3n) is 0.557. The first-order valence-electron chi connectivity index (χ1n) is 1.79. The number of aliphatic hydroxyl groups is 1. The van der Waals surface area contributed by atoms with Crippen LogP contribution >= 0.6 is 0 Å². The molecular weight excluding hydrogens is 140 g/mol. The number of carboxylic acids is 1. The molecule has 48 valence electrons. The number of rotatable bonds is 2. The Balaban J connectivity index is 0. The van der Waals surface area contributed by atoms with E-state index < -0.39 is 18.4 Å². The summed E-state index contributed by atoms with van der Waals surface area (Å²) < 4.78 is 11.2. The maximum absolute atomic E-state index is 11.2. The maximum atomic E-state index is 11.2. The van der Waals surface area contributed by atoms with Gasteiger partial charge in [0.25, 0.3) is 0 Å². The van der Waals surface area contributed by atoms with E-state index in [1.807, 2.05) is 0 Å². The molecule has 0 aromatic heterocycles. The maximum Gasteiger partial charge on any atom is 1.00 e. The monoisotopic (exact) mass is 145 g/mol. The summed E-state index contributed by atoms with van der Waals surface area (Å²) in [4.78, 5) is 9.53. The quantitative estimate of drug-likeness (QED) is 0.299. The Morgan fingerprint density at radius 2 is 2.22 bits per heavy atom. The van der Waals surface area contributed by atoms with E-state index in [1.165, 1.54) is 0 Å². The third-order valence-corrected chi connectivity index (χ3v) is 0.557. The van der Waals surface area contributed by atoms with Crippen LogP contribution in [0.3, 0.4) is 0 Å². The molecule has 0 fully saturated rings. The molecule has 1 atom stereocenters. The molecule has 0 aromatic carbocycles. The first-order chi connectivity index (χ1) is 3.50. The van der Waals surface area contributed by atoms with Gasteiger partial charge in [0.2, 0.25) is 0 Å². The smallest absolute Gasteiger partial charge is 0.545 e. The van der Waals surface area contributed by atoms with Crippen LogP contribution in [0.25, 0.3) is 0 Å². The van der Waals surface area contributed by atoms with Gasteiger partial charge in [-0.1, -0.05) is 0 Å². The second-order valence-corrected chi connectivity index (χ2v) is 1.35. The molecule has 0 saturated carbocycles. The number of nitrogens with two attached hydrogens (primary N) is 1. The summed E-state index contributed by atoms with van der Waals surface area (Å²) in [6, 6.07) is 0. The first-order valence-corrected chi connectivity index (χ1v) is 1.79. The molecule has 0 radical (unpaired) electrons. The Labute approximate surface area is 73.1 Å². The van der Waals surface area contributed by atoms with Crippen molar-refractivity contribution >= 4 is 5.97 Å². The summed E-state index contributed by atoms with van der Waals surface area (Å²) in [5.41, 5.74) is 1.56. The molecule has 0 heterocycles. The van der Waals surface area contributed by atoms with Crippen molar-refractivity contribution in [2.45, 2.75) is 5.72 Å². The van der Waals surface area contributed by atoms with Crippen LogP contribution in [-0.2, 0) is 4.79 Å². The van der Waals surface area contributed by atoms with E-state index in [0.717, 1.165) is 0 Å². The van der Waals surface area contributed by atoms with Gasteiger partial charge in [0.05, 0.1) is 5.97 Å². The second-order valence-electron chi connectivity index (χ2n) is 1.35. The van der Waals surface area contributed by atoms with Gasteiger partial charge in [-0.3, -0.25) is 5.73 Å². The number of aliphatic carboxylic acids is 1. The van der Waals surface area contributed by atoms with Crippen molar-refractivity contribution in [2.24, 2.45) is 5.73 Å². The van der Waals surface area contributed by atoms with Crippen molar-refractivity contribution in [3.8, 4) is 0 Å². The van der Waals surface area contributed by atoms with Gasteiger partial charge in [0.1, 0.15) is 6.67 Å². The minimum Gasteiger partial charge on any atom is -0.545 e. The molecule has 0 aliphatic heterocycles. The number of hydrogen-bond donors (Lipinski definition) is 2. The predicted molar refractivity (Wildman–Crippen MR) is 20.1 cm³/mol. The largest absolute Gasteiger partial charge is 1.00 e. The summed E-state index contributed by atoms with van der Waals surface area (Å²) in [6.45, 7) is -1.55. The fraction of sp³-hybridized carbons (Fsp3) is 0.667. The van der Waals surface area contributed by atoms with Crippen molar-refractivity contribution in [3.63, 3.8) is 0 Å². The average molecular weight is 145 g/mol. The van der Waals surface area contributed by atoms with Crippen molar-refractivity contribution < 1.29 is 49.0 Å². The van der Waals surface area contributed by atoms with Gasteiger partial charge in [-0.2, -0.15) is 0 Å². The molecule has 4 nitrogen and oxygen atoms in total. The van der Waals surface area contributed by atoms with Gasteiger partial charge in [-0.25, -0.2) is 4.39 Å². The predicted octanol–water partition coefficient (Wildman–Crippen LogP) is -5.64. The van der Waals surface area contributed by atoms with Gasteiger partial charge < -0.3 is 15.0 Å². The zero-order valence-corrected chi connectivity index (χ0v) is 6.93. The Hall–Kier alpha value is 0.320. The van der Waals surface area contributed by atoms with Crippen molar-refractivity contribution in [3.05, 3.63) is 0 Å². The van der Waals surface area contributed by atoms with Gasteiger partial charge in [0, 0.05) is 0 Å². The number of hydrogen-bond acceptors (Lipinski definition) is 4. The molecule has 1 unspecified atom stereocenters. The Morgan fingerprint density at radius 1 is 1.89 bits per heavy atom. The molecule has 6 heteroatoms. The van der Waals surface area contributed by atoms with E-state index in [0.29, 0.717) is 0 Å². The molecule has 0 rings (SSSR count). The van der Waals surface area contributed by atoms with E-state index in [1.54, 1.807) is 0 Å². The van der Waals surface area contributed by atoms with Crippen molar-refractivity contribution in [2.75, 3.05) is 6.67 Å². The fourth-order valence-electron chi connectivity index (χ4n) is 0.0546. The Morgan fingerprint density at radius 3 is 2.22 bits per heavy atom. The average Bonchev–Trinajstić information content (AvgIpc) is 1.67. The number of halogens is 1. The molecule has 0 bridgehead atoms. The van der Waals surface area contributed by atoms with E-state index in [4.69, 9.17) is 5.11 Å². The van der Waals surface area contributed by atoms with Crippen molar-refractivity contribution in [1.82, 2.24) is 0 Å². The van der Waals surface area contributed by atoms with Crippen LogP contribution in [0.4, 0.5) is 4.39 Å². The van der Waals surface area contributed by atoms with E-state index in [-0.39, 0.29) is 29.6 Å². The van der Waals surface area contributed by atoms with Crippen LogP contribution in [0.15, 0.2) is 0 Å². The molecule has 0 amide bonds. The van der Waals surface area contributed by atoms with E-state index >= 15 is 0 Å². The van der Waals surface area contributed by atoms with Crippen molar-refractivity contribution in [1.29, 1.82) is 0 Å². The topological polar surface area (TPSA) is 86.4 Å². The van der Waals surface area contributed by atoms with Crippen LogP contribution in [0, 0.1) is 0 Å². The van der Waals surface area contributed by atoms with Crippen LogP contribution in [-0.4, -0.2) is 23.5 Å². The number of carbonyl (C=O) groups excluding carboxylic acids is 1. The minimum absolute atomic E-state index is 0. The van der Waals surface area contributed by atoms with Gasteiger partial charge in [-0.15, -0.1) is 0 Å². The third kappa shape index (κ3) is 3.83. The summed E-state index contributed by atoms with van der Waals surface area (Å²) in [5.74, 6) is -2.01. The van der Waals surface area contributed by atoms with Gasteiger partial charge in [-0.05, 0) is 0 Å². The van der Waals surface area contributed by atoms with Crippen LogP contribution in [0.1, 0.15) is 0 Å². The number of alkyl halides is 1. The first kappa shape index (κ1) is 12.0. The Bertz CT molecular complexity index is 107. The summed E-state index contributed by atoms with van der Waals surface area (Å²) >= 11 is 0. The van der Waals surface area contributed by atoms with Crippen LogP contribution in [0.2, 0.25) is 0 Å². The standard InChI is InChI=1S/C3H6FNO3.Na/c4-1-3(5,8)2(6)7;/h8H,1,5H2,(H,6,7);/q;+1/p-1. The normalized spacial score (nSPS) is 15.4. The molecule has 0 aromatic rings. The van der Waals surface area contributed by atoms with Gasteiger partial charge in [0.15, 0.2) is 5.72 Å². The summed E-state index contributed by atoms with van der Waals surface area (Å²) in [6.07, 6.45) is 0. The second kappa shape index (κ2) is 4.19.